The Balaban J connectivity index is 3.24. The highest BCUT2D eigenvalue weighted by atomic mass is 16.5. The Morgan fingerprint density at radius 3 is 1.81 bits per heavy atom. The molecule has 0 aromatic heterocycles. The minimum atomic E-state index is -0.100. The van der Waals surface area contributed by atoms with E-state index in [1.54, 1.807) is 0 Å². The molecule has 162 valence electrons. The summed E-state index contributed by atoms with van der Waals surface area (Å²) in [5.41, 5.74) is 0. The van der Waals surface area contributed by atoms with E-state index in [1.165, 1.54) is 57.8 Å². The molecule has 0 bridgehead atoms. The van der Waals surface area contributed by atoms with E-state index in [0.717, 1.165) is 32.3 Å². The number of carbonyl (C=O) groups excluding carboxylic acids is 1. The number of ether oxygens (including phenoxy) is 3. The van der Waals surface area contributed by atoms with Crippen molar-refractivity contribution in [3.63, 3.8) is 0 Å². The van der Waals surface area contributed by atoms with Gasteiger partial charge in [-0.25, -0.2) is 0 Å². The molecule has 0 N–H and O–H groups in total. The summed E-state index contributed by atoms with van der Waals surface area (Å²) >= 11 is 0. The van der Waals surface area contributed by atoms with Gasteiger partial charge in [0.05, 0.1) is 19.3 Å². The number of carbonyl (C=O) groups is 1. The van der Waals surface area contributed by atoms with Gasteiger partial charge < -0.3 is 14.2 Å². The standard InChI is InChI=1S/C23H46O4/c1-4-6-8-10-11-12-14-18-25-20-21-26-19-15-17-23(24)27-22(3)16-13-9-7-5-2/h22H,4-21H2,1-3H3. The highest BCUT2D eigenvalue weighted by Crippen LogP contribution is 2.09. The SMILES string of the molecule is CCCCCCCCCOCCOCCCC(=O)OC(C)CCCCCC. The van der Waals surface area contributed by atoms with E-state index in [0.29, 0.717) is 26.2 Å². The van der Waals surface area contributed by atoms with E-state index < -0.39 is 0 Å². The highest BCUT2D eigenvalue weighted by Gasteiger charge is 2.09. The predicted octanol–water partition coefficient (Wildman–Crippen LogP) is 6.45. The molecule has 4 heteroatoms. The first-order valence-corrected chi connectivity index (χ1v) is 11.6. The Morgan fingerprint density at radius 1 is 0.667 bits per heavy atom. The molecule has 4 nitrogen and oxygen atoms in total. The minimum absolute atomic E-state index is 0.0373. The maximum Gasteiger partial charge on any atom is 0.306 e. The fourth-order valence-electron chi connectivity index (χ4n) is 3.00. The summed E-state index contributed by atoms with van der Waals surface area (Å²) < 4.78 is 16.5. The van der Waals surface area contributed by atoms with Crippen molar-refractivity contribution >= 4 is 5.97 Å². The monoisotopic (exact) mass is 386 g/mol. The molecule has 0 saturated heterocycles. The first-order valence-electron chi connectivity index (χ1n) is 11.6. The van der Waals surface area contributed by atoms with Crippen molar-refractivity contribution < 1.29 is 19.0 Å². The van der Waals surface area contributed by atoms with Crippen LogP contribution >= 0.6 is 0 Å². The van der Waals surface area contributed by atoms with Crippen molar-refractivity contribution in [3.05, 3.63) is 0 Å². The van der Waals surface area contributed by atoms with Gasteiger partial charge in [-0.05, 0) is 32.6 Å². The van der Waals surface area contributed by atoms with Gasteiger partial charge in [0.2, 0.25) is 0 Å². The Bertz CT molecular complexity index is 307. The molecule has 27 heavy (non-hydrogen) atoms. The van der Waals surface area contributed by atoms with Gasteiger partial charge in [0, 0.05) is 19.6 Å². The number of esters is 1. The average molecular weight is 387 g/mol. The lowest BCUT2D eigenvalue weighted by atomic mass is 10.1. The van der Waals surface area contributed by atoms with E-state index in [9.17, 15) is 4.79 Å². The largest absolute Gasteiger partial charge is 0.463 e. The second-order valence-electron chi connectivity index (χ2n) is 7.60. The molecule has 0 radical (unpaired) electrons. The Hall–Kier alpha value is -0.610. The molecule has 0 fully saturated rings. The predicted molar refractivity (Wildman–Crippen MR) is 113 cm³/mol. The molecule has 0 rings (SSSR count). The van der Waals surface area contributed by atoms with Crippen LogP contribution in [0.25, 0.3) is 0 Å². The van der Waals surface area contributed by atoms with Crippen LogP contribution in [0.4, 0.5) is 0 Å². The number of hydrogen-bond acceptors (Lipinski definition) is 4. The van der Waals surface area contributed by atoms with Crippen LogP contribution in [-0.4, -0.2) is 38.5 Å². The molecule has 0 amide bonds. The molecule has 0 saturated carbocycles. The van der Waals surface area contributed by atoms with Crippen molar-refractivity contribution in [1.29, 1.82) is 0 Å². The number of rotatable bonds is 21. The molecule has 0 spiro atoms. The molecular weight excluding hydrogens is 340 g/mol. The van der Waals surface area contributed by atoms with E-state index in [2.05, 4.69) is 13.8 Å². The van der Waals surface area contributed by atoms with Crippen LogP contribution in [0.2, 0.25) is 0 Å². The summed E-state index contributed by atoms with van der Waals surface area (Å²) in [6.45, 7) is 9.13. The molecular formula is C23H46O4. The van der Waals surface area contributed by atoms with Crippen LogP contribution in [-0.2, 0) is 19.0 Å². The van der Waals surface area contributed by atoms with Crippen LogP contribution in [0, 0.1) is 0 Å². The van der Waals surface area contributed by atoms with E-state index in [1.807, 2.05) is 6.92 Å². The zero-order valence-corrected chi connectivity index (χ0v) is 18.4. The number of unbranched alkanes of at least 4 members (excludes halogenated alkanes) is 9. The summed E-state index contributed by atoms with van der Waals surface area (Å²) in [6, 6.07) is 0. The first-order chi connectivity index (χ1) is 13.2. The van der Waals surface area contributed by atoms with E-state index in [4.69, 9.17) is 14.2 Å². The number of hydrogen-bond donors (Lipinski definition) is 0. The van der Waals surface area contributed by atoms with E-state index >= 15 is 0 Å². The molecule has 0 aliphatic carbocycles. The van der Waals surface area contributed by atoms with Gasteiger partial charge in [0.15, 0.2) is 0 Å². The highest BCUT2D eigenvalue weighted by molar-refractivity contribution is 5.69. The lowest BCUT2D eigenvalue weighted by Gasteiger charge is -2.13. The van der Waals surface area contributed by atoms with Crippen molar-refractivity contribution in [1.82, 2.24) is 0 Å². The smallest absolute Gasteiger partial charge is 0.306 e. The fraction of sp³-hybridized carbons (Fsp3) is 0.957. The molecule has 0 aliphatic heterocycles. The van der Waals surface area contributed by atoms with Gasteiger partial charge in [0.25, 0.3) is 0 Å². The normalized spacial score (nSPS) is 12.3. The summed E-state index contributed by atoms with van der Waals surface area (Å²) in [5, 5.41) is 0. The summed E-state index contributed by atoms with van der Waals surface area (Å²) in [4.78, 5) is 11.8. The van der Waals surface area contributed by atoms with Crippen LogP contribution in [0.15, 0.2) is 0 Å². The van der Waals surface area contributed by atoms with Gasteiger partial charge in [0.1, 0.15) is 0 Å². The quantitative estimate of drug-likeness (QED) is 0.168. The molecule has 0 aromatic carbocycles. The maximum absolute atomic E-state index is 11.8. The van der Waals surface area contributed by atoms with E-state index in [-0.39, 0.29) is 12.1 Å². The second-order valence-corrected chi connectivity index (χ2v) is 7.60. The second kappa shape index (κ2) is 21.7. The van der Waals surface area contributed by atoms with Gasteiger partial charge in [-0.3, -0.25) is 4.79 Å². The van der Waals surface area contributed by atoms with Crippen LogP contribution in [0.5, 0.6) is 0 Å². The van der Waals surface area contributed by atoms with Crippen molar-refractivity contribution in [3.8, 4) is 0 Å². The van der Waals surface area contributed by atoms with Crippen LogP contribution in [0.3, 0.4) is 0 Å². The molecule has 0 aliphatic rings. The third kappa shape index (κ3) is 21.5. The van der Waals surface area contributed by atoms with Crippen molar-refractivity contribution in [2.75, 3.05) is 26.4 Å². The average Bonchev–Trinajstić information content (AvgIpc) is 2.65. The Morgan fingerprint density at radius 2 is 1.19 bits per heavy atom. The van der Waals surface area contributed by atoms with Gasteiger partial charge >= 0.3 is 5.97 Å². The third-order valence-corrected chi connectivity index (χ3v) is 4.73. The van der Waals surface area contributed by atoms with Crippen molar-refractivity contribution in [2.24, 2.45) is 0 Å². The molecule has 1 unspecified atom stereocenters. The lowest BCUT2D eigenvalue weighted by Crippen LogP contribution is -2.15. The summed E-state index contributed by atoms with van der Waals surface area (Å²) in [7, 11) is 0. The summed E-state index contributed by atoms with van der Waals surface area (Å²) in [5.74, 6) is -0.100. The zero-order chi connectivity index (χ0) is 20.0. The lowest BCUT2D eigenvalue weighted by molar-refractivity contribution is -0.148. The van der Waals surface area contributed by atoms with Gasteiger partial charge in [-0.15, -0.1) is 0 Å². The third-order valence-electron chi connectivity index (χ3n) is 4.73. The Kier molecular flexibility index (Phi) is 21.2. The fourth-order valence-corrected chi connectivity index (χ4v) is 3.00. The molecule has 0 aromatic rings. The van der Waals surface area contributed by atoms with Gasteiger partial charge in [-0.1, -0.05) is 71.6 Å². The topological polar surface area (TPSA) is 44.8 Å². The van der Waals surface area contributed by atoms with Crippen molar-refractivity contribution in [2.45, 2.75) is 117 Å². The summed E-state index contributed by atoms with van der Waals surface area (Å²) in [6.07, 6.45) is 16.2. The van der Waals surface area contributed by atoms with Crippen LogP contribution in [0.1, 0.15) is 111 Å². The Labute approximate surface area is 168 Å². The molecule has 1 atom stereocenters. The van der Waals surface area contributed by atoms with Crippen LogP contribution < -0.4 is 0 Å². The minimum Gasteiger partial charge on any atom is -0.463 e. The molecule has 0 heterocycles. The van der Waals surface area contributed by atoms with Gasteiger partial charge in [-0.2, -0.15) is 0 Å². The zero-order valence-electron chi connectivity index (χ0n) is 18.4. The maximum atomic E-state index is 11.8. The first kappa shape index (κ1) is 26.4.